The Labute approximate surface area is 80.8 Å². The fraction of sp³-hybridized carbons (Fsp3) is 0.286. The molecule has 0 radical (unpaired) electrons. The Morgan fingerprint density at radius 1 is 1.75 bits per heavy atom. The van der Waals surface area contributed by atoms with Crippen LogP contribution in [0, 0.1) is 6.92 Å². The molecule has 0 amide bonds. The molecular formula is C7H9Cl2N3. The number of nitrogens with zero attached hydrogens (tertiary/aromatic N) is 2. The standard InChI is InChI=1S/C7H9Cl2N3/c1-5-6(10)4-11-12(5)3-2-7(8)9/h2,4H,3,10H2,1H3. The average Bonchev–Trinajstić information content (AvgIpc) is 2.30. The van der Waals surface area contributed by atoms with Crippen LogP contribution in [0.25, 0.3) is 0 Å². The van der Waals surface area contributed by atoms with Gasteiger partial charge in [-0.15, -0.1) is 0 Å². The molecule has 2 N–H and O–H groups in total. The average molecular weight is 206 g/mol. The Morgan fingerprint density at radius 2 is 2.42 bits per heavy atom. The minimum absolute atomic E-state index is 0.239. The highest BCUT2D eigenvalue weighted by atomic mass is 35.5. The molecule has 0 unspecified atom stereocenters. The van der Waals surface area contributed by atoms with Crippen molar-refractivity contribution < 1.29 is 0 Å². The van der Waals surface area contributed by atoms with Crippen LogP contribution in [0.2, 0.25) is 0 Å². The second-order valence-electron chi connectivity index (χ2n) is 2.36. The molecular weight excluding hydrogens is 197 g/mol. The molecule has 5 heteroatoms. The molecule has 12 heavy (non-hydrogen) atoms. The van der Waals surface area contributed by atoms with Gasteiger partial charge in [-0.3, -0.25) is 4.68 Å². The van der Waals surface area contributed by atoms with E-state index >= 15 is 0 Å². The molecule has 1 heterocycles. The van der Waals surface area contributed by atoms with Gasteiger partial charge in [0.1, 0.15) is 4.49 Å². The Bertz CT molecular complexity index is 300. The van der Waals surface area contributed by atoms with Crippen LogP contribution in [0.15, 0.2) is 16.8 Å². The fourth-order valence-electron chi connectivity index (χ4n) is 0.800. The van der Waals surface area contributed by atoms with Crippen molar-refractivity contribution in [1.29, 1.82) is 0 Å². The smallest absolute Gasteiger partial charge is 0.104 e. The predicted octanol–water partition coefficient (Wildman–Crippen LogP) is 2.09. The molecule has 0 aromatic carbocycles. The summed E-state index contributed by atoms with van der Waals surface area (Å²) < 4.78 is 1.96. The number of allylic oxidation sites excluding steroid dienone is 1. The van der Waals surface area contributed by atoms with Crippen molar-refractivity contribution in [1.82, 2.24) is 9.78 Å². The first-order chi connectivity index (χ1) is 5.61. The van der Waals surface area contributed by atoms with Gasteiger partial charge in [0.15, 0.2) is 0 Å². The molecule has 0 saturated carbocycles. The van der Waals surface area contributed by atoms with Crippen LogP contribution in [0.1, 0.15) is 5.69 Å². The van der Waals surface area contributed by atoms with Crippen molar-refractivity contribution >= 4 is 28.9 Å². The van der Waals surface area contributed by atoms with E-state index < -0.39 is 0 Å². The minimum Gasteiger partial charge on any atom is -0.396 e. The second kappa shape index (κ2) is 3.83. The fourth-order valence-corrected chi connectivity index (χ4v) is 0.938. The van der Waals surface area contributed by atoms with Gasteiger partial charge >= 0.3 is 0 Å². The molecule has 3 nitrogen and oxygen atoms in total. The Morgan fingerprint density at radius 3 is 2.83 bits per heavy atom. The lowest BCUT2D eigenvalue weighted by atomic mass is 10.4. The lowest BCUT2D eigenvalue weighted by Crippen LogP contribution is -2.00. The van der Waals surface area contributed by atoms with Crippen molar-refractivity contribution in [2.75, 3.05) is 5.73 Å². The third kappa shape index (κ3) is 2.16. The molecule has 1 aromatic heterocycles. The number of nitrogen functional groups attached to an aromatic ring is 1. The first kappa shape index (κ1) is 9.42. The van der Waals surface area contributed by atoms with Crippen LogP contribution in [0.5, 0.6) is 0 Å². The zero-order valence-electron chi connectivity index (χ0n) is 6.59. The lowest BCUT2D eigenvalue weighted by molar-refractivity contribution is 0.679. The molecule has 0 aliphatic heterocycles. The maximum Gasteiger partial charge on any atom is 0.104 e. The van der Waals surface area contributed by atoms with E-state index in [9.17, 15) is 0 Å². The van der Waals surface area contributed by atoms with Crippen LogP contribution in [0.3, 0.4) is 0 Å². The van der Waals surface area contributed by atoms with Crippen LogP contribution < -0.4 is 5.73 Å². The maximum absolute atomic E-state index is 5.58. The highest BCUT2D eigenvalue weighted by molar-refractivity contribution is 6.55. The number of anilines is 1. The predicted molar refractivity (Wildman–Crippen MR) is 51.2 cm³/mol. The van der Waals surface area contributed by atoms with Crippen LogP contribution in [-0.4, -0.2) is 9.78 Å². The van der Waals surface area contributed by atoms with E-state index in [2.05, 4.69) is 5.10 Å². The summed E-state index contributed by atoms with van der Waals surface area (Å²) in [4.78, 5) is 0. The van der Waals surface area contributed by atoms with Gasteiger partial charge in [-0.2, -0.15) is 5.10 Å². The molecule has 1 rings (SSSR count). The molecule has 0 fully saturated rings. The van der Waals surface area contributed by atoms with Gasteiger partial charge in [-0.1, -0.05) is 23.2 Å². The SMILES string of the molecule is Cc1c(N)cnn1CC=C(Cl)Cl. The van der Waals surface area contributed by atoms with E-state index in [1.807, 2.05) is 6.92 Å². The number of rotatable bonds is 2. The van der Waals surface area contributed by atoms with Gasteiger partial charge in [-0.25, -0.2) is 0 Å². The maximum atomic E-state index is 5.58. The van der Waals surface area contributed by atoms with E-state index in [1.165, 1.54) is 0 Å². The Balaban J connectivity index is 2.77. The van der Waals surface area contributed by atoms with Crippen molar-refractivity contribution in [2.45, 2.75) is 13.5 Å². The lowest BCUT2D eigenvalue weighted by Gasteiger charge is -1.98. The number of hydrogen-bond acceptors (Lipinski definition) is 2. The third-order valence-electron chi connectivity index (χ3n) is 1.56. The molecule has 0 saturated heterocycles. The highest BCUT2D eigenvalue weighted by Gasteiger charge is 2.00. The molecule has 0 aliphatic carbocycles. The van der Waals surface area contributed by atoms with Crippen molar-refractivity contribution in [3.8, 4) is 0 Å². The highest BCUT2D eigenvalue weighted by Crippen LogP contribution is 2.10. The van der Waals surface area contributed by atoms with E-state index in [0.717, 1.165) is 5.69 Å². The van der Waals surface area contributed by atoms with Gasteiger partial charge in [0.2, 0.25) is 0 Å². The summed E-state index contributed by atoms with van der Waals surface area (Å²) in [5.74, 6) is 0. The van der Waals surface area contributed by atoms with E-state index in [-0.39, 0.29) is 4.49 Å². The van der Waals surface area contributed by atoms with Crippen molar-refractivity contribution in [2.24, 2.45) is 0 Å². The summed E-state index contributed by atoms with van der Waals surface area (Å²) in [5, 5.41) is 4.02. The molecule has 1 aromatic rings. The van der Waals surface area contributed by atoms with Crippen LogP contribution in [0.4, 0.5) is 5.69 Å². The van der Waals surface area contributed by atoms with Crippen LogP contribution in [-0.2, 0) is 6.54 Å². The normalized spacial score (nSPS) is 9.92. The third-order valence-corrected chi connectivity index (χ3v) is 1.87. The largest absolute Gasteiger partial charge is 0.396 e. The van der Waals surface area contributed by atoms with Crippen molar-refractivity contribution in [3.63, 3.8) is 0 Å². The monoisotopic (exact) mass is 205 g/mol. The molecule has 0 atom stereocenters. The molecule has 0 aliphatic rings. The summed E-state index contributed by atoms with van der Waals surface area (Å²) in [6.45, 7) is 2.43. The summed E-state index contributed by atoms with van der Waals surface area (Å²) in [6, 6.07) is 0. The van der Waals surface area contributed by atoms with Crippen LogP contribution >= 0.6 is 23.2 Å². The van der Waals surface area contributed by atoms with Gasteiger partial charge in [0, 0.05) is 0 Å². The first-order valence-electron chi connectivity index (χ1n) is 3.40. The number of aromatic nitrogens is 2. The van der Waals surface area contributed by atoms with E-state index in [0.29, 0.717) is 12.2 Å². The topological polar surface area (TPSA) is 43.8 Å². The summed E-state index contributed by atoms with van der Waals surface area (Å²) >= 11 is 10.9. The van der Waals surface area contributed by atoms with Gasteiger partial charge in [0.25, 0.3) is 0 Å². The Hall–Kier alpha value is -0.670. The summed E-state index contributed by atoms with van der Waals surface area (Å²) in [7, 11) is 0. The zero-order chi connectivity index (χ0) is 9.14. The summed E-state index contributed by atoms with van der Waals surface area (Å²) in [6.07, 6.45) is 3.26. The molecule has 66 valence electrons. The van der Waals surface area contributed by atoms with Gasteiger partial charge < -0.3 is 5.73 Å². The summed E-state index contributed by atoms with van der Waals surface area (Å²) in [5.41, 5.74) is 7.17. The van der Waals surface area contributed by atoms with E-state index in [1.54, 1.807) is 17.0 Å². The van der Waals surface area contributed by atoms with E-state index in [4.69, 9.17) is 28.9 Å². The number of nitrogens with two attached hydrogens (primary N) is 1. The quantitative estimate of drug-likeness (QED) is 0.804. The molecule has 0 bridgehead atoms. The van der Waals surface area contributed by atoms with Gasteiger partial charge in [0.05, 0.1) is 24.1 Å². The van der Waals surface area contributed by atoms with Gasteiger partial charge in [-0.05, 0) is 13.0 Å². The number of hydrogen-bond donors (Lipinski definition) is 1. The first-order valence-corrected chi connectivity index (χ1v) is 4.16. The number of halogens is 2. The Kier molecular flexibility index (Phi) is 3.00. The molecule has 0 spiro atoms. The minimum atomic E-state index is 0.239. The zero-order valence-corrected chi connectivity index (χ0v) is 8.10. The second-order valence-corrected chi connectivity index (χ2v) is 3.37. The van der Waals surface area contributed by atoms with Crippen molar-refractivity contribution in [3.05, 3.63) is 22.5 Å².